The summed E-state index contributed by atoms with van der Waals surface area (Å²) in [6.45, 7) is 4.60. The van der Waals surface area contributed by atoms with Crippen molar-refractivity contribution in [3.63, 3.8) is 0 Å². The van der Waals surface area contributed by atoms with E-state index in [1.165, 1.54) is 31.2 Å². The molecule has 0 saturated heterocycles. The molecular weight excluding hydrogens is 505 g/mol. The molecule has 0 aliphatic heterocycles. The lowest BCUT2D eigenvalue weighted by molar-refractivity contribution is -0.347. The topological polar surface area (TPSA) is 219 Å². The first kappa shape index (κ1) is 29.0. The molecule has 0 spiro atoms. The fourth-order valence-corrected chi connectivity index (χ4v) is 4.15. The summed E-state index contributed by atoms with van der Waals surface area (Å²) in [5.41, 5.74) is -2.43. The van der Waals surface area contributed by atoms with Crippen molar-refractivity contribution in [3.8, 4) is 17.4 Å². The van der Waals surface area contributed by atoms with E-state index in [9.17, 15) is 39.4 Å². The molecule has 0 radical (unpaired) electrons. The Labute approximate surface area is 204 Å². The molecule has 1 heterocycles. The standard InChI is InChI=1S/C20H28N3O12P/c1-11(2)33-18(27)12(3)22-36(31,34-14-8-6-5-7-9-14)35-20(29,30)13(4)32-10-23-17(26)15(24)16(25)21-19(23)28/h5-9,11-13,24,26,29-30H,10H2,1-4H3,(H,22,31)(H,21,25,28)/t12-,13?,36?/m0/s1. The molecule has 15 nitrogen and oxygen atoms in total. The summed E-state index contributed by atoms with van der Waals surface area (Å²) >= 11 is 0. The Bertz CT molecular complexity index is 1210. The zero-order valence-electron chi connectivity index (χ0n) is 19.8. The molecule has 200 valence electrons. The minimum atomic E-state index is -4.74. The third-order valence-corrected chi connectivity index (χ3v) is 6.08. The van der Waals surface area contributed by atoms with Crippen molar-refractivity contribution >= 4 is 13.7 Å². The van der Waals surface area contributed by atoms with Gasteiger partial charge in [0.1, 0.15) is 24.6 Å². The predicted molar refractivity (Wildman–Crippen MR) is 122 cm³/mol. The maximum absolute atomic E-state index is 13.5. The summed E-state index contributed by atoms with van der Waals surface area (Å²) in [5.74, 6) is -6.52. The normalized spacial score (nSPS) is 15.2. The van der Waals surface area contributed by atoms with Crippen molar-refractivity contribution in [1.29, 1.82) is 0 Å². The lowest BCUT2D eigenvalue weighted by atomic mass is 10.3. The van der Waals surface area contributed by atoms with E-state index in [4.69, 9.17) is 18.5 Å². The molecular formula is C20H28N3O12P. The number of nitrogens with zero attached hydrogens (tertiary/aromatic N) is 1. The van der Waals surface area contributed by atoms with Gasteiger partial charge in [0.05, 0.1) is 6.10 Å². The number of hydrogen-bond acceptors (Lipinski definition) is 12. The van der Waals surface area contributed by atoms with Gasteiger partial charge in [-0.2, -0.15) is 5.09 Å². The van der Waals surface area contributed by atoms with Crippen LogP contribution in [0.3, 0.4) is 0 Å². The van der Waals surface area contributed by atoms with E-state index in [0.29, 0.717) is 4.57 Å². The number of nitrogens with one attached hydrogen (secondary N) is 2. The summed E-state index contributed by atoms with van der Waals surface area (Å²) in [6, 6.07) is 6.21. The van der Waals surface area contributed by atoms with E-state index in [1.807, 2.05) is 0 Å². The third-order valence-electron chi connectivity index (χ3n) is 4.41. The molecule has 2 rings (SSSR count). The number of hydrogen-bond donors (Lipinski definition) is 6. The molecule has 0 fully saturated rings. The number of aromatic hydroxyl groups is 2. The van der Waals surface area contributed by atoms with Crippen LogP contribution in [0.5, 0.6) is 17.4 Å². The molecule has 0 aliphatic rings. The Morgan fingerprint density at radius 1 is 1.14 bits per heavy atom. The first-order valence-corrected chi connectivity index (χ1v) is 12.0. The maximum atomic E-state index is 13.5. The third kappa shape index (κ3) is 7.65. The van der Waals surface area contributed by atoms with Crippen LogP contribution < -0.4 is 20.9 Å². The van der Waals surface area contributed by atoms with E-state index < -0.39 is 67.5 Å². The van der Waals surface area contributed by atoms with Gasteiger partial charge in [0.2, 0.25) is 11.6 Å². The number of ether oxygens (including phenoxy) is 2. The second-order valence-corrected chi connectivity index (χ2v) is 9.40. The zero-order chi connectivity index (χ0) is 27.3. The van der Waals surface area contributed by atoms with Crippen molar-refractivity contribution in [2.24, 2.45) is 0 Å². The van der Waals surface area contributed by atoms with Gasteiger partial charge in [-0.25, -0.2) is 18.5 Å². The molecule has 0 aliphatic carbocycles. The zero-order valence-corrected chi connectivity index (χ0v) is 20.7. The number of para-hydroxylation sites is 1. The fourth-order valence-electron chi connectivity index (χ4n) is 2.53. The Hall–Kier alpha value is -3.20. The van der Waals surface area contributed by atoms with Crippen LogP contribution in [0.1, 0.15) is 27.7 Å². The molecule has 3 atom stereocenters. The molecule has 1 aromatic heterocycles. The number of rotatable bonds is 12. The number of aromatic nitrogens is 2. The van der Waals surface area contributed by atoms with Crippen LogP contribution in [-0.2, 0) is 30.1 Å². The van der Waals surface area contributed by atoms with Gasteiger partial charge < -0.3 is 34.4 Å². The van der Waals surface area contributed by atoms with Crippen molar-refractivity contribution in [2.45, 2.75) is 58.6 Å². The number of esters is 1. The average Bonchev–Trinajstić information content (AvgIpc) is 2.76. The highest BCUT2D eigenvalue weighted by molar-refractivity contribution is 7.52. The quantitative estimate of drug-likeness (QED) is 0.121. The molecule has 2 unspecified atom stereocenters. The number of carbonyl (C=O) groups is 1. The summed E-state index contributed by atoms with van der Waals surface area (Å²) in [7, 11) is -4.74. The Morgan fingerprint density at radius 2 is 1.75 bits per heavy atom. The molecule has 0 saturated carbocycles. The molecule has 36 heavy (non-hydrogen) atoms. The Balaban J connectivity index is 2.24. The van der Waals surface area contributed by atoms with Gasteiger partial charge >= 0.3 is 25.4 Å². The molecule has 6 N–H and O–H groups in total. The first-order chi connectivity index (χ1) is 16.6. The van der Waals surface area contributed by atoms with Gasteiger partial charge in [0, 0.05) is 0 Å². The van der Waals surface area contributed by atoms with Gasteiger partial charge in [0.15, 0.2) is 0 Å². The predicted octanol–water partition coefficient (Wildman–Crippen LogP) is 0.0822. The number of benzene rings is 1. The van der Waals surface area contributed by atoms with Crippen molar-refractivity contribution < 1.29 is 48.3 Å². The van der Waals surface area contributed by atoms with Gasteiger partial charge in [-0.1, -0.05) is 18.2 Å². The van der Waals surface area contributed by atoms with Gasteiger partial charge in [-0.3, -0.25) is 14.6 Å². The Kier molecular flexibility index (Phi) is 9.43. The average molecular weight is 533 g/mol. The lowest BCUT2D eigenvalue weighted by Gasteiger charge is -2.32. The second-order valence-electron chi connectivity index (χ2n) is 7.79. The summed E-state index contributed by atoms with van der Waals surface area (Å²) in [4.78, 5) is 37.1. The van der Waals surface area contributed by atoms with Gasteiger partial charge in [0.25, 0.3) is 5.56 Å². The van der Waals surface area contributed by atoms with E-state index in [1.54, 1.807) is 24.9 Å². The van der Waals surface area contributed by atoms with Crippen LogP contribution in [0.25, 0.3) is 0 Å². The second kappa shape index (κ2) is 11.7. The number of H-pyrrole nitrogens is 1. The highest BCUT2D eigenvalue weighted by Gasteiger charge is 2.45. The minimum absolute atomic E-state index is 0.0117. The van der Waals surface area contributed by atoms with E-state index >= 15 is 0 Å². The summed E-state index contributed by atoms with van der Waals surface area (Å²) in [6.07, 6.45) is -2.28. The van der Waals surface area contributed by atoms with E-state index in [0.717, 1.165) is 6.92 Å². The van der Waals surface area contributed by atoms with Crippen molar-refractivity contribution in [1.82, 2.24) is 14.6 Å². The van der Waals surface area contributed by atoms with Crippen LogP contribution in [0, 0.1) is 0 Å². The maximum Gasteiger partial charge on any atom is 0.463 e. The van der Waals surface area contributed by atoms with Crippen molar-refractivity contribution in [3.05, 3.63) is 51.2 Å². The summed E-state index contributed by atoms with van der Waals surface area (Å²) < 4.78 is 34.2. The molecule has 2 aromatic rings. The summed E-state index contributed by atoms with van der Waals surface area (Å²) in [5, 5.41) is 42.4. The van der Waals surface area contributed by atoms with Crippen LogP contribution >= 0.6 is 7.75 Å². The SMILES string of the molecule is CC(C)OC(=O)[C@H](C)NP(=O)(Oc1ccccc1)OC(O)(O)C(C)OCn1c(O)c(O)c(=O)[nH]c1=O. The van der Waals surface area contributed by atoms with Gasteiger partial charge in [-0.05, 0) is 39.8 Å². The van der Waals surface area contributed by atoms with Crippen molar-refractivity contribution in [2.75, 3.05) is 0 Å². The Morgan fingerprint density at radius 3 is 2.33 bits per heavy atom. The highest BCUT2D eigenvalue weighted by atomic mass is 31.2. The molecule has 0 amide bonds. The fraction of sp³-hybridized carbons (Fsp3) is 0.450. The number of aliphatic hydroxyl groups is 2. The monoisotopic (exact) mass is 533 g/mol. The molecule has 1 aromatic carbocycles. The van der Waals surface area contributed by atoms with Gasteiger partial charge in [-0.15, -0.1) is 0 Å². The minimum Gasteiger partial charge on any atom is -0.499 e. The number of aromatic amines is 1. The van der Waals surface area contributed by atoms with Crippen LogP contribution in [0.2, 0.25) is 0 Å². The van der Waals surface area contributed by atoms with Crippen LogP contribution in [0.15, 0.2) is 39.9 Å². The largest absolute Gasteiger partial charge is 0.499 e. The van der Waals surface area contributed by atoms with E-state index in [2.05, 4.69) is 5.09 Å². The molecule has 0 bridgehead atoms. The van der Waals surface area contributed by atoms with Crippen LogP contribution in [-0.4, -0.2) is 60.2 Å². The molecule has 16 heteroatoms. The number of carbonyl (C=O) groups excluding carboxylic acids is 1. The highest BCUT2D eigenvalue weighted by Crippen LogP contribution is 2.48. The smallest absolute Gasteiger partial charge is 0.463 e. The van der Waals surface area contributed by atoms with E-state index in [-0.39, 0.29) is 5.75 Å². The van der Waals surface area contributed by atoms with Crippen LogP contribution in [0.4, 0.5) is 0 Å². The lowest BCUT2D eigenvalue weighted by Crippen LogP contribution is -2.47. The first-order valence-electron chi connectivity index (χ1n) is 10.5.